The Morgan fingerprint density at radius 1 is 0.306 bits per heavy atom. The average molecular weight is 814 g/mol. The Kier molecular flexibility index (Phi) is 10.6. The molecule has 0 radical (unpaired) electrons. The molecule has 10 aromatic carbocycles. The third-order valence-electron chi connectivity index (χ3n) is 12.1. The van der Waals surface area contributed by atoms with Crippen LogP contribution in [-0.4, -0.2) is 0 Å². The van der Waals surface area contributed by atoms with Crippen LogP contribution in [-0.2, 0) is 0 Å². The summed E-state index contributed by atoms with van der Waals surface area (Å²) in [5.41, 5.74) is 13.3. The zero-order chi connectivity index (χ0) is 41.9. The largest absolute Gasteiger partial charge is 0.311 e. The molecule has 10 rings (SSSR count). The number of hydrogen-bond donors (Lipinski definition) is 0. The maximum absolute atomic E-state index is 2.41. The number of benzene rings is 10. The van der Waals surface area contributed by atoms with Gasteiger partial charge >= 0.3 is 0 Å². The van der Waals surface area contributed by atoms with Crippen LogP contribution in [0.4, 0.5) is 17.1 Å². The van der Waals surface area contributed by atoms with Gasteiger partial charge in [0.25, 0.3) is 0 Å². The van der Waals surface area contributed by atoms with E-state index in [4.69, 9.17) is 0 Å². The normalized spacial score (nSPS) is 11.6. The summed E-state index contributed by atoms with van der Waals surface area (Å²) in [7, 11) is -1.96. The van der Waals surface area contributed by atoms with Gasteiger partial charge < -0.3 is 4.90 Å². The van der Waals surface area contributed by atoms with Gasteiger partial charge in [-0.15, -0.1) is 10.0 Å². The Hall–Kier alpha value is -7.39. The van der Waals surface area contributed by atoms with Gasteiger partial charge in [-0.3, -0.25) is 0 Å². The van der Waals surface area contributed by atoms with Crippen molar-refractivity contribution in [3.05, 3.63) is 260 Å². The van der Waals surface area contributed by atoms with Gasteiger partial charge in [-0.25, -0.2) is 0 Å². The Labute approximate surface area is 367 Å². The summed E-state index contributed by atoms with van der Waals surface area (Å²) in [6.07, 6.45) is 0. The van der Waals surface area contributed by atoms with Gasteiger partial charge in [-0.2, -0.15) is 0 Å². The lowest BCUT2D eigenvalue weighted by molar-refractivity contribution is 1.25. The van der Waals surface area contributed by atoms with E-state index in [9.17, 15) is 0 Å². The minimum atomic E-state index is -1.96. The third-order valence-corrected chi connectivity index (χ3v) is 16.0. The van der Waals surface area contributed by atoms with E-state index in [0.29, 0.717) is 0 Å². The highest BCUT2D eigenvalue weighted by molar-refractivity contribution is 8.34. The van der Waals surface area contributed by atoms with E-state index < -0.39 is 10.0 Å². The number of para-hydroxylation sites is 1. The van der Waals surface area contributed by atoms with Gasteiger partial charge in [0.15, 0.2) is 0 Å². The van der Waals surface area contributed by atoms with Crippen molar-refractivity contribution in [1.29, 1.82) is 0 Å². The first kappa shape index (κ1) is 38.8. The molecule has 0 aromatic heterocycles. The van der Waals surface area contributed by atoms with Crippen LogP contribution in [0, 0.1) is 13.8 Å². The molecule has 62 heavy (non-hydrogen) atoms. The molecule has 0 atom stereocenters. The fraction of sp³-hybridized carbons (Fsp3) is 0.0333. The maximum atomic E-state index is 2.41. The van der Waals surface area contributed by atoms with E-state index in [1.165, 1.54) is 74.9 Å². The summed E-state index contributed by atoms with van der Waals surface area (Å²) in [6.45, 7) is 4.42. The molecule has 0 aliphatic rings. The Morgan fingerprint density at radius 3 is 1.34 bits per heavy atom. The molecule has 1 nitrogen and oxygen atoms in total. The van der Waals surface area contributed by atoms with E-state index in [-0.39, 0.29) is 0 Å². The quantitative estimate of drug-likeness (QED) is 0.133. The summed E-state index contributed by atoms with van der Waals surface area (Å²) in [4.78, 5) is 7.61. The molecule has 0 aliphatic carbocycles. The fourth-order valence-electron chi connectivity index (χ4n) is 9.18. The first-order valence-electron chi connectivity index (χ1n) is 21.3. The van der Waals surface area contributed by atoms with Crippen LogP contribution in [0.15, 0.2) is 268 Å². The minimum Gasteiger partial charge on any atom is -0.311 e. The van der Waals surface area contributed by atoms with Crippen LogP contribution in [0.2, 0.25) is 0 Å². The zero-order valence-corrected chi connectivity index (χ0v) is 35.8. The molecule has 2 heteroatoms. The topological polar surface area (TPSA) is 3.24 Å². The van der Waals surface area contributed by atoms with E-state index >= 15 is 0 Å². The maximum Gasteiger partial charge on any atom is 0.0462 e. The van der Waals surface area contributed by atoms with Crippen molar-refractivity contribution in [3.63, 3.8) is 0 Å². The molecule has 0 heterocycles. The molecule has 0 spiro atoms. The Balaban J connectivity index is 1.13. The molecule has 0 aliphatic heterocycles. The van der Waals surface area contributed by atoms with E-state index in [1.54, 1.807) is 0 Å². The molecule has 0 N–H and O–H groups in total. The summed E-state index contributed by atoms with van der Waals surface area (Å²) < 4.78 is 0. The molecule has 0 amide bonds. The van der Waals surface area contributed by atoms with Crippen molar-refractivity contribution >= 4 is 37.9 Å². The smallest absolute Gasteiger partial charge is 0.0462 e. The predicted molar refractivity (Wildman–Crippen MR) is 264 cm³/mol. The lowest BCUT2D eigenvalue weighted by Gasteiger charge is -2.43. The first-order chi connectivity index (χ1) is 30.6. The number of rotatable bonds is 10. The monoisotopic (exact) mass is 813 g/mol. The molecular weight excluding hydrogens is 767 g/mol. The lowest BCUT2D eigenvalue weighted by atomic mass is 9.89. The highest BCUT2D eigenvalue weighted by Crippen LogP contribution is 2.75. The van der Waals surface area contributed by atoms with Crippen LogP contribution in [0.3, 0.4) is 0 Å². The second kappa shape index (κ2) is 16.9. The van der Waals surface area contributed by atoms with Gasteiger partial charge in [0, 0.05) is 42.2 Å². The van der Waals surface area contributed by atoms with Crippen molar-refractivity contribution in [2.45, 2.75) is 33.4 Å². The molecule has 298 valence electrons. The van der Waals surface area contributed by atoms with Crippen LogP contribution in [0.1, 0.15) is 11.1 Å². The molecule has 0 fully saturated rings. The molecule has 10 aromatic rings. The Morgan fingerprint density at radius 2 is 0.758 bits per heavy atom. The third kappa shape index (κ3) is 6.99. The summed E-state index contributed by atoms with van der Waals surface area (Å²) >= 11 is 0. The van der Waals surface area contributed by atoms with Crippen LogP contribution >= 0.6 is 10.0 Å². The van der Waals surface area contributed by atoms with Crippen molar-refractivity contribution < 1.29 is 0 Å². The van der Waals surface area contributed by atoms with Crippen molar-refractivity contribution in [2.75, 3.05) is 4.90 Å². The number of aryl methyl sites for hydroxylation is 2. The van der Waals surface area contributed by atoms with Gasteiger partial charge in [0.1, 0.15) is 0 Å². The van der Waals surface area contributed by atoms with Crippen LogP contribution in [0.5, 0.6) is 0 Å². The summed E-state index contributed by atoms with van der Waals surface area (Å²) in [5.74, 6) is 0. The summed E-state index contributed by atoms with van der Waals surface area (Å²) in [5, 5.41) is 2.47. The highest BCUT2D eigenvalue weighted by Gasteiger charge is 2.36. The van der Waals surface area contributed by atoms with Gasteiger partial charge in [0.2, 0.25) is 0 Å². The van der Waals surface area contributed by atoms with Crippen LogP contribution in [0.25, 0.3) is 44.2 Å². The van der Waals surface area contributed by atoms with E-state index in [1.807, 2.05) is 0 Å². The number of anilines is 3. The number of nitrogens with zero attached hydrogens (tertiary/aromatic N) is 1. The second-order valence-electron chi connectivity index (χ2n) is 15.8. The van der Waals surface area contributed by atoms with E-state index in [2.05, 4.69) is 267 Å². The second-order valence-corrected chi connectivity index (χ2v) is 18.9. The van der Waals surface area contributed by atoms with Crippen molar-refractivity contribution in [2.24, 2.45) is 0 Å². The first-order valence-corrected chi connectivity index (χ1v) is 23.0. The minimum absolute atomic E-state index is 1.10. The molecular formula is C60H47NS. The van der Waals surface area contributed by atoms with Gasteiger partial charge in [-0.05, 0) is 142 Å². The SMILES string of the molecule is Cc1ccccc1-c1c(C)cccc1-c1ccc(N(c2ccccc2)c2ccc(-c3c(S(c4ccccc4)(c4ccccc4)c4ccccc4)ccc4ccccc34)cc2)cc1. The zero-order valence-electron chi connectivity index (χ0n) is 35.0. The highest BCUT2D eigenvalue weighted by atomic mass is 32.3. The number of fused-ring (bicyclic) bond motifs is 1. The standard InChI is InChI=1S/C60H47NS/c1-44-20-15-17-31-55(44)59-45(2)21-19-33-56(59)47-34-39-50(40-35-47)61(49-23-7-3-8-24-49)51-41-36-48(37-42-51)60-57-32-18-16-22-46(57)38-43-58(60)62(52-25-9-4-10-26-52,53-27-11-5-12-28-53)54-29-13-6-14-30-54/h3-43H,1-2H3. The molecule has 0 saturated carbocycles. The number of hydrogen-bond acceptors (Lipinski definition) is 1. The molecule has 0 unspecified atom stereocenters. The van der Waals surface area contributed by atoms with E-state index in [0.717, 1.165) is 17.1 Å². The predicted octanol–water partition coefficient (Wildman–Crippen LogP) is 17.3. The van der Waals surface area contributed by atoms with Gasteiger partial charge in [-0.1, -0.05) is 170 Å². The van der Waals surface area contributed by atoms with Crippen molar-refractivity contribution in [3.8, 4) is 33.4 Å². The molecule has 0 bridgehead atoms. The summed E-state index contributed by atoms with van der Waals surface area (Å²) in [6, 6.07) is 91.4. The lowest BCUT2D eigenvalue weighted by Crippen LogP contribution is -2.10. The molecule has 0 saturated heterocycles. The average Bonchev–Trinajstić information content (AvgIpc) is 3.34. The van der Waals surface area contributed by atoms with Gasteiger partial charge in [0.05, 0.1) is 0 Å². The van der Waals surface area contributed by atoms with Crippen molar-refractivity contribution in [1.82, 2.24) is 0 Å². The van der Waals surface area contributed by atoms with Crippen LogP contribution < -0.4 is 4.90 Å². The Bertz CT molecular complexity index is 3010. The fourth-order valence-corrected chi connectivity index (χ4v) is 13.3.